The van der Waals surface area contributed by atoms with Gasteiger partial charge in [0, 0.05) is 0 Å². The molecule has 0 aromatic carbocycles. The fourth-order valence-electron chi connectivity index (χ4n) is 1.50. The van der Waals surface area contributed by atoms with Crippen LogP contribution in [-0.2, 0) is 10.0 Å². The smallest absolute Gasteiger partial charge is 0.266 e. The highest BCUT2D eigenvalue weighted by Crippen LogP contribution is 2.19. The number of nitrogens with one attached hydrogen (secondary N) is 2. The van der Waals surface area contributed by atoms with Gasteiger partial charge in [0.05, 0.1) is 23.8 Å². The molecule has 0 saturated heterocycles. The van der Waals surface area contributed by atoms with Crippen LogP contribution in [0, 0.1) is 13.8 Å². The molecule has 0 aliphatic carbocycles. The number of nitrogens with two attached hydrogens (primary N) is 1. The molecule has 8 heteroatoms. The van der Waals surface area contributed by atoms with Crippen molar-refractivity contribution in [3.05, 3.63) is 29.7 Å². The van der Waals surface area contributed by atoms with Crippen molar-refractivity contribution in [3.63, 3.8) is 0 Å². The maximum atomic E-state index is 12.1. The van der Waals surface area contributed by atoms with E-state index in [9.17, 15) is 8.42 Å². The Balaban J connectivity index is 2.37. The van der Waals surface area contributed by atoms with Gasteiger partial charge in [0.25, 0.3) is 10.0 Å². The molecule has 18 heavy (non-hydrogen) atoms. The molecule has 4 N–H and O–H groups in total. The second-order valence-corrected chi connectivity index (χ2v) is 5.55. The lowest BCUT2D eigenvalue weighted by Crippen LogP contribution is -2.15. The number of aromatic amines is 1. The van der Waals surface area contributed by atoms with Crippen LogP contribution in [0.1, 0.15) is 11.3 Å². The molecule has 0 saturated carbocycles. The topological polar surface area (TPSA) is 114 Å². The van der Waals surface area contributed by atoms with Gasteiger partial charge in [-0.15, -0.1) is 0 Å². The average molecular weight is 267 g/mol. The zero-order chi connectivity index (χ0) is 13.3. The normalized spacial score (nSPS) is 11.4. The quantitative estimate of drug-likeness (QED) is 0.761. The highest BCUT2D eigenvalue weighted by Gasteiger charge is 2.19. The van der Waals surface area contributed by atoms with Gasteiger partial charge in [-0.1, -0.05) is 0 Å². The Morgan fingerprint density at radius 1 is 1.33 bits per heavy atom. The van der Waals surface area contributed by atoms with Crippen LogP contribution in [0.15, 0.2) is 23.4 Å². The lowest BCUT2D eigenvalue weighted by molar-refractivity contribution is 0.600. The first-order valence-electron chi connectivity index (χ1n) is 5.15. The van der Waals surface area contributed by atoms with E-state index in [1.54, 1.807) is 19.9 Å². The van der Waals surface area contributed by atoms with Gasteiger partial charge in [0.1, 0.15) is 10.7 Å². The second-order valence-electron chi connectivity index (χ2n) is 3.90. The van der Waals surface area contributed by atoms with E-state index in [1.807, 2.05) is 0 Å². The number of hydrogen-bond acceptors (Lipinski definition) is 5. The first kappa shape index (κ1) is 12.4. The number of nitrogen functional groups attached to an aromatic ring is 1. The van der Waals surface area contributed by atoms with Crippen LogP contribution in [-0.4, -0.2) is 23.6 Å². The summed E-state index contributed by atoms with van der Waals surface area (Å²) >= 11 is 0. The first-order valence-corrected chi connectivity index (χ1v) is 6.63. The summed E-state index contributed by atoms with van der Waals surface area (Å²) in [7, 11) is -3.68. The van der Waals surface area contributed by atoms with Crippen LogP contribution in [0.25, 0.3) is 0 Å². The van der Waals surface area contributed by atoms with Crippen molar-refractivity contribution in [1.29, 1.82) is 0 Å². The number of aryl methyl sites for hydroxylation is 2. The lowest BCUT2D eigenvalue weighted by Gasteiger charge is -2.09. The van der Waals surface area contributed by atoms with E-state index < -0.39 is 10.0 Å². The molecule has 0 spiro atoms. The SMILES string of the molecule is Cc1cc(N)cnc1NS(=O)(=O)c1cn[nH]c1C. The summed E-state index contributed by atoms with van der Waals surface area (Å²) in [5, 5.41) is 6.26. The number of nitrogens with zero attached hydrogens (tertiary/aromatic N) is 2. The summed E-state index contributed by atoms with van der Waals surface area (Å²) in [5.41, 5.74) is 7.16. The molecule has 0 aliphatic heterocycles. The Bertz CT molecular complexity index is 677. The van der Waals surface area contributed by atoms with E-state index in [0.717, 1.165) is 0 Å². The summed E-state index contributed by atoms with van der Waals surface area (Å²) in [6.45, 7) is 3.36. The van der Waals surface area contributed by atoms with Gasteiger partial charge in [0.15, 0.2) is 0 Å². The number of anilines is 2. The van der Waals surface area contributed by atoms with Gasteiger partial charge in [0.2, 0.25) is 0 Å². The molecule has 2 heterocycles. The molecule has 2 aromatic rings. The molecular formula is C10H13N5O2S. The third-order valence-corrected chi connectivity index (χ3v) is 3.86. The number of sulfonamides is 1. The van der Waals surface area contributed by atoms with Gasteiger partial charge >= 0.3 is 0 Å². The summed E-state index contributed by atoms with van der Waals surface area (Å²) in [6.07, 6.45) is 2.65. The molecule has 2 aromatic heterocycles. The van der Waals surface area contributed by atoms with E-state index in [-0.39, 0.29) is 10.7 Å². The first-order chi connectivity index (χ1) is 8.40. The van der Waals surface area contributed by atoms with Crippen LogP contribution in [0.2, 0.25) is 0 Å². The van der Waals surface area contributed by atoms with Crippen molar-refractivity contribution in [1.82, 2.24) is 15.2 Å². The van der Waals surface area contributed by atoms with Crippen LogP contribution in [0.3, 0.4) is 0 Å². The molecule has 0 atom stereocenters. The third kappa shape index (κ3) is 2.28. The highest BCUT2D eigenvalue weighted by atomic mass is 32.2. The zero-order valence-corrected chi connectivity index (χ0v) is 10.7. The molecular weight excluding hydrogens is 254 g/mol. The van der Waals surface area contributed by atoms with Crippen LogP contribution in [0.4, 0.5) is 11.5 Å². The molecule has 7 nitrogen and oxygen atoms in total. The summed E-state index contributed by atoms with van der Waals surface area (Å²) in [6, 6.07) is 1.65. The van der Waals surface area contributed by atoms with E-state index >= 15 is 0 Å². The van der Waals surface area contributed by atoms with E-state index in [4.69, 9.17) is 5.73 Å². The number of aromatic nitrogens is 3. The van der Waals surface area contributed by atoms with Crippen molar-refractivity contribution in [2.45, 2.75) is 18.7 Å². The fourth-order valence-corrected chi connectivity index (χ4v) is 2.71. The molecule has 2 rings (SSSR count). The minimum absolute atomic E-state index is 0.0977. The molecule has 0 aliphatic rings. The van der Waals surface area contributed by atoms with Gasteiger partial charge in [-0.3, -0.25) is 9.82 Å². The summed E-state index contributed by atoms with van der Waals surface area (Å²) < 4.78 is 26.6. The van der Waals surface area contributed by atoms with Crippen molar-refractivity contribution in [2.24, 2.45) is 0 Å². The highest BCUT2D eigenvalue weighted by molar-refractivity contribution is 7.92. The summed E-state index contributed by atoms with van der Waals surface area (Å²) in [4.78, 5) is 4.05. The average Bonchev–Trinajstić information content (AvgIpc) is 2.69. The van der Waals surface area contributed by atoms with Crippen LogP contribution < -0.4 is 10.5 Å². The largest absolute Gasteiger partial charge is 0.397 e. The maximum Gasteiger partial charge on any atom is 0.266 e. The van der Waals surface area contributed by atoms with Gasteiger partial charge < -0.3 is 5.73 Å². The van der Waals surface area contributed by atoms with Crippen molar-refractivity contribution in [2.75, 3.05) is 10.5 Å². The summed E-state index contributed by atoms with van der Waals surface area (Å²) in [5.74, 6) is 0.254. The molecule has 0 amide bonds. The standard InChI is InChI=1S/C10H13N5O2S/c1-6-3-8(11)4-12-10(6)15-18(16,17)9-5-13-14-7(9)2/h3-5H,11H2,1-2H3,(H,12,15)(H,13,14). The van der Waals surface area contributed by atoms with Crippen LogP contribution in [0.5, 0.6) is 0 Å². The lowest BCUT2D eigenvalue weighted by atomic mass is 10.3. The predicted octanol–water partition coefficient (Wildman–Crippen LogP) is 0.805. The number of pyridine rings is 1. The van der Waals surface area contributed by atoms with Gasteiger partial charge in [-0.2, -0.15) is 5.10 Å². The fraction of sp³-hybridized carbons (Fsp3) is 0.200. The van der Waals surface area contributed by atoms with Crippen LogP contribution >= 0.6 is 0 Å². The number of hydrogen-bond donors (Lipinski definition) is 3. The zero-order valence-electron chi connectivity index (χ0n) is 9.93. The second kappa shape index (κ2) is 4.30. The van der Waals surface area contributed by atoms with Crippen molar-refractivity contribution < 1.29 is 8.42 Å². The van der Waals surface area contributed by atoms with Gasteiger partial charge in [-0.25, -0.2) is 13.4 Å². The van der Waals surface area contributed by atoms with Crippen molar-refractivity contribution in [3.8, 4) is 0 Å². The third-order valence-electron chi connectivity index (χ3n) is 2.40. The Kier molecular flexibility index (Phi) is 2.95. The minimum atomic E-state index is -3.68. The van der Waals surface area contributed by atoms with E-state index in [2.05, 4.69) is 19.9 Å². The number of rotatable bonds is 3. The molecule has 0 bridgehead atoms. The molecule has 96 valence electrons. The Labute approximate surface area is 104 Å². The van der Waals surface area contributed by atoms with E-state index in [1.165, 1.54) is 12.4 Å². The molecule has 0 unspecified atom stereocenters. The Hall–Kier alpha value is -2.09. The minimum Gasteiger partial charge on any atom is -0.397 e. The van der Waals surface area contributed by atoms with E-state index in [0.29, 0.717) is 16.9 Å². The molecule has 0 radical (unpaired) electrons. The maximum absolute atomic E-state index is 12.1. The monoisotopic (exact) mass is 267 g/mol. The van der Waals surface area contributed by atoms with Crippen molar-refractivity contribution >= 4 is 21.5 Å². The Morgan fingerprint density at radius 2 is 2.06 bits per heavy atom. The Morgan fingerprint density at radius 3 is 2.61 bits per heavy atom. The predicted molar refractivity (Wildman–Crippen MR) is 67.5 cm³/mol. The molecule has 0 fully saturated rings. The van der Waals surface area contributed by atoms with Gasteiger partial charge in [-0.05, 0) is 25.5 Å². The number of H-pyrrole nitrogens is 1.